The number of hydrogen-bond donors (Lipinski definition) is 1. The summed E-state index contributed by atoms with van der Waals surface area (Å²) in [6, 6.07) is 6.34. The molecule has 1 aliphatic heterocycles. The molecular formula is C13H16F2O3. The second-order valence-electron chi connectivity index (χ2n) is 4.34. The van der Waals surface area contributed by atoms with Gasteiger partial charge in [-0.15, -0.1) is 0 Å². The van der Waals surface area contributed by atoms with Crippen LogP contribution in [0.3, 0.4) is 0 Å². The Morgan fingerprint density at radius 1 is 1.33 bits per heavy atom. The number of para-hydroxylation sites is 1. The van der Waals surface area contributed by atoms with Crippen molar-refractivity contribution in [2.75, 3.05) is 13.2 Å². The molecule has 1 heterocycles. The largest absolute Gasteiger partial charge is 0.434 e. The van der Waals surface area contributed by atoms with Crippen molar-refractivity contribution in [1.82, 2.24) is 0 Å². The molecular weight excluding hydrogens is 242 g/mol. The van der Waals surface area contributed by atoms with Crippen molar-refractivity contribution in [3.63, 3.8) is 0 Å². The molecule has 1 N–H and O–H groups in total. The molecule has 1 aromatic carbocycles. The third-order valence-corrected chi connectivity index (χ3v) is 3.10. The number of aliphatic hydroxyl groups is 1. The molecule has 100 valence electrons. The van der Waals surface area contributed by atoms with Crippen LogP contribution in [0.2, 0.25) is 0 Å². The Morgan fingerprint density at radius 2 is 2.11 bits per heavy atom. The highest BCUT2D eigenvalue weighted by Crippen LogP contribution is 2.34. The van der Waals surface area contributed by atoms with E-state index >= 15 is 0 Å². The van der Waals surface area contributed by atoms with Gasteiger partial charge in [0, 0.05) is 18.1 Å². The van der Waals surface area contributed by atoms with Crippen LogP contribution in [0.5, 0.6) is 5.75 Å². The van der Waals surface area contributed by atoms with Crippen molar-refractivity contribution in [2.45, 2.75) is 25.6 Å². The monoisotopic (exact) mass is 258 g/mol. The summed E-state index contributed by atoms with van der Waals surface area (Å²) in [5, 5.41) is 10.2. The molecule has 1 aromatic rings. The van der Waals surface area contributed by atoms with Crippen LogP contribution in [0.1, 0.15) is 24.5 Å². The predicted molar refractivity (Wildman–Crippen MR) is 61.6 cm³/mol. The number of rotatable bonds is 4. The molecule has 0 radical (unpaired) electrons. The van der Waals surface area contributed by atoms with Crippen molar-refractivity contribution in [2.24, 2.45) is 5.92 Å². The Morgan fingerprint density at radius 3 is 2.78 bits per heavy atom. The second kappa shape index (κ2) is 6.11. The van der Waals surface area contributed by atoms with Gasteiger partial charge in [0.05, 0.1) is 12.7 Å². The van der Waals surface area contributed by atoms with Crippen LogP contribution in [-0.2, 0) is 4.74 Å². The quantitative estimate of drug-likeness (QED) is 0.902. The van der Waals surface area contributed by atoms with Crippen molar-refractivity contribution in [1.29, 1.82) is 0 Å². The Kier molecular flexibility index (Phi) is 4.49. The maximum Gasteiger partial charge on any atom is 0.387 e. The van der Waals surface area contributed by atoms with Gasteiger partial charge in [-0.1, -0.05) is 18.2 Å². The van der Waals surface area contributed by atoms with Crippen LogP contribution in [-0.4, -0.2) is 24.9 Å². The van der Waals surface area contributed by atoms with E-state index < -0.39 is 12.7 Å². The van der Waals surface area contributed by atoms with Crippen LogP contribution in [0.25, 0.3) is 0 Å². The van der Waals surface area contributed by atoms with Gasteiger partial charge in [-0.05, 0) is 18.9 Å². The molecule has 18 heavy (non-hydrogen) atoms. The Labute approximate surface area is 104 Å². The first-order valence-electron chi connectivity index (χ1n) is 5.98. The second-order valence-corrected chi connectivity index (χ2v) is 4.34. The topological polar surface area (TPSA) is 38.7 Å². The lowest BCUT2D eigenvalue weighted by Gasteiger charge is -2.27. The molecule has 0 aromatic heterocycles. The van der Waals surface area contributed by atoms with Crippen molar-refractivity contribution < 1.29 is 23.4 Å². The third kappa shape index (κ3) is 3.17. The van der Waals surface area contributed by atoms with E-state index in [-0.39, 0.29) is 11.7 Å². The first-order chi connectivity index (χ1) is 8.68. The summed E-state index contributed by atoms with van der Waals surface area (Å²) >= 11 is 0. The highest BCUT2D eigenvalue weighted by atomic mass is 19.3. The van der Waals surface area contributed by atoms with Crippen molar-refractivity contribution in [3.05, 3.63) is 29.8 Å². The summed E-state index contributed by atoms with van der Waals surface area (Å²) in [4.78, 5) is 0. The van der Waals surface area contributed by atoms with Crippen LogP contribution in [0.4, 0.5) is 8.78 Å². The van der Waals surface area contributed by atoms with Crippen molar-refractivity contribution in [3.8, 4) is 5.75 Å². The lowest BCUT2D eigenvalue weighted by molar-refractivity contribution is -0.0542. The SMILES string of the molecule is OC(c1ccccc1OC(F)F)C1CCCOC1. The minimum Gasteiger partial charge on any atom is -0.434 e. The first-order valence-corrected chi connectivity index (χ1v) is 5.98. The Balaban J connectivity index is 2.15. The van der Waals surface area contributed by atoms with Gasteiger partial charge in [0.25, 0.3) is 0 Å². The summed E-state index contributed by atoms with van der Waals surface area (Å²) in [7, 11) is 0. The predicted octanol–water partition coefficient (Wildman–Crippen LogP) is 2.75. The molecule has 0 bridgehead atoms. The average Bonchev–Trinajstić information content (AvgIpc) is 2.39. The van der Waals surface area contributed by atoms with E-state index in [1.54, 1.807) is 18.2 Å². The van der Waals surface area contributed by atoms with Gasteiger partial charge in [0.15, 0.2) is 0 Å². The van der Waals surface area contributed by atoms with E-state index in [4.69, 9.17) is 4.74 Å². The molecule has 0 aliphatic carbocycles. The number of ether oxygens (including phenoxy) is 2. The smallest absolute Gasteiger partial charge is 0.387 e. The van der Waals surface area contributed by atoms with Gasteiger partial charge >= 0.3 is 6.61 Å². The number of alkyl halides is 2. The number of hydrogen-bond acceptors (Lipinski definition) is 3. The van der Waals surface area contributed by atoms with Crippen LogP contribution < -0.4 is 4.74 Å². The molecule has 2 unspecified atom stereocenters. The molecule has 0 saturated carbocycles. The van der Waals surface area contributed by atoms with Crippen LogP contribution in [0, 0.1) is 5.92 Å². The summed E-state index contributed by atoms with van der Waals surface area (Å²) in [6.07, 6.45) is 0.865. The number of halogens is 2. The van der Waals surface area contributed by atoms with E-state index in [0.717, 1.165) is 12.8 Å². The fraction of sp³-hybridized carbons (Fsp3) is 0.538. The molecule has 0 amide bonds. The van der Waals surface area contributed by atoms with Crippen LogP contribution in [0.15, 0.2) is 24.3 Å². The maximum absolute atomic E-state index is 12.3. The molecule has 1 aliphatic rings. The van der Waals surface area contributed by atoms with E-state index in [0.29, 0.717) is 18.8 Å². The molecule has 2 rings (SSSR count). The fourth-order valence-corrected chi connectivity index (χ4v) is 2.20. The highest BCUT2D eigenvalue weighted by molar-refractivity contribution is 5.35. The molecule has 1 fully saturated rings. The van der Waals surface area contributed by atoms with Crippen LogP contribution >= 0.6 is 0 Å². The molecule has 2 atom stereocenters. The van der Waals surface area contributed by atoms with Gasteiger partial charge in [-0.2, -0.15) is 8.78 Å². The maximum atomic E-state index is 12.3. The zero-order chi connectivity index (χ0) is 13.0. The molecule has 0 spiro atoms. The number of aliphatic hydroxyl groups excluding tert-OH is 1. The minimum atomic E-state index is -2.89. The third-order valence-electron chi connectivity index (χ3n) is 3.10. The summed E-state index contributed by atoms with van der Waals surface area (Å²) in [5.41, 5.74) is 0.397. The normalized spacial score (nSPS) is 21.9. The summed E-state index contributed by atoms with van der Waals surface area (Å²) in [6.45, 7) is -1.75. The summed E-state index contributed by atoms with van der Waals surface area (Å²) < 4.78 is 34.3. The standard InChI is InChI=1S/C13H16F2O3/c14-13(15)18-11-6-2-1-5-10(11)12(16)9-4-3-7-17-8-9/h1-2,5-6,9,12-13,16H,3-4,7-8H2. The molecule has 1 saturated heterocycles. The molecule has 3 nitrogen and oxygen atoms in total. The summed E-state index contributed by atoms with van der Waals surface area (Å²) in [5.74, 6) is -0.0354. The van der Waals surface area contributed by atoms with Gasteiger partial charge < -0.3 is 14.6 Å². The van der Waals surface area contributed by atoms with Gasteiger partial charge in [0.1, 0.15) is 5.75 Å². The van der Waals surface area contributed by atoms with Gasteiger partial charge in [0.2, 0.25) is 0 Å². The van der Waals surface area contributed by atoms with E-state index in [2.05, 4.69) is 4.74 Å². The Hall–Kier alpha value is -1.20. The average molecular weight is 258 g/mol. The minimum absolute atomic E-state index is 0.0329. The lowest BCUT2D eigenvalue weighted by atomic mass is 9.91. The van der Waals surface area contributed by atoms with Gasteiger partial charge in [-0.3, -0.25) is 0 Å². The van der Waals surface area contributed by atoms with E-state index in [9.17, 15) is 13.9 Å². The zero-order valence-electron chi connectivity index (χ0n) is 9.89. The number of benzene rings is 1. The first kappa shape index (κ1) is 13.2. The van der Waals surface area contributed by atoms with Crippen molar-refractivity contribution >= 4 is 0 Å². The Bertz CT molecular complexity index is 378. The van der Waals surface area contributed by atoms with Gasteiger partial charge in [-0.25, -0.2) is 0 Å². The fourth-order valence-electron chi connectivity index (χ4n) is 2.20. The van der Waals surface area contributed by atoms with E-state index in [1.165, 1.54) is 6.07 Å². The lowest BCUT2D eigenvalue weighted by Crippen LogP contribution is -2.24. The zero-order valence-corrected chi connectivity index (χ0v) is 9.89. The molecule has 5 heteroatoms. The van der Waals surface area contributed by atoms with E-state index in [1.807, 2.05) is 0 Å². The highest BCUT2D eigenvalue weighted by Gasteiger charge is 2.26.